The molecule has 0 atom stereocenters. The SMILES string of the molecule is C=CC[Si](C/C=C/C[Si](CC=C)(OCCCC)OCCCC)(OCCCC)OCCCC. The van der Waals surface area contributed by atoms with Gasteiger partial charge in [-0.1, -0.05) is 77.7 Å². The molecule has 0 aliphatic rings. The van der Waals surface area contributed by atoms with E-state index in [1.807, 2.05) is 12.2 Å². The zero-order valence-corrected chi connectivity index (χ0v) is 23.7. The van der Waals surface area contributed by atoms with Crippen LogP contribution in [-0.4, -0.2) is 43.5 Å². The molecule has 0 radical (unpaired) electrons. The van der Waals surface area contributed by atoms with E-state index in [1.54, 1.807) is 0 Å². The number of unbranched alkanes of at least 4 members (excludes halogenated alkanes) is 4. The van der Waals surface area contributed by atoms with E-state index in [0.717, 1.165) is 102 Å². The summed E-state index contributed by atoms with van der Waals surface area (Å²) in [5.74, 6) is 0. The monoisotopic (exact) mass is 484 g/mol. The Morgan fingerprint density at radius 2 is 0.781 bits per heavy atom. The van der Waals surface area contributed by atoms with Crippen LogP contribution in [0.5, 0.6) is 0 Å². The smallest absolute Gasteiger partial charge is 0.345 e. The molecule has 0 saturated heterocycles. The van der Waals surface area contributed by atoms with Gasteiger partial charge < -0.3 is 17.7 Å². The van der Waals surface area contributed by atoms with Gasteiger partial charge in [0.25, 0.3) is 0 Å². The number of hydrogen-bond donors (Lipinski definition) is 0. The van der Waals surface area contributed by atoms with Gasteiger partial charge in [0, 0.05) is 50.6 Å². The van der Waals surface area contributed by atoms with Gasteiger partial charge in [-0.25, -0.2) is 0 Å². The van der Waals surface area contributed by atoms with Crippen molar-refractivity contribution in [1.29, 1.82) is 0 Å². The number of hydrogen-bond acceptors (Lipinski definition) is 4. The van der Waals surface area contributed by atoms with E-state index in [2.05, 4.69) is 53.0 Å². The second kappa shape index (κ2) is 21.1. The van der Waals surface area contributed by atoms with Crippen LogP contribution in [0.4, 0.5) is 0 Å². The van der Waals surface area contributed by atoms with Crippen LogP contribution >= 0.6 is 0 Å². The highest BCUT2D eigenvalue weighted by Gasteiger charge is 2.37. The molecule has 4 nitrogen and oxygen atoms in total. The van der Waals surface area contributed by atoms with Crippen molar-refractivity contribution < 1.29 is 17.7 Å². The minimum atomic E-state index is -2.34. The van der Waals surface area contributed by atoms with E-state index >= 15 is 0 Å². The highest BCUT2D eigenvalue weighted by Crippen LogP contribution is 2.25. The Hall–Kier alpha value is -0.506. The van der Waals surface area contributed by atoms with Crippen molar-refractivity contribution in [3.8, 4) is 0 Å². The summed E-state index contributed by atoms with van der Waals surface area (Å²) in [4.78, 5) is 0. The van der Waals surface area contributed by atoms with Crippen molar-refractivity contribution in [2.45, 2.75) is 103 Å². The van der Waals surface area contributed by atoms with E-state index in [-0.39, 0.29) is 0 Å². The Labute approximate surface area is 202 Å². The average molecular weight is 485 g/mol. The Morgan fingerprint density at radius 1 is 0.500 bits per heavy atom. The third-order valence-electron chi connectivity index (χ3n) is 5.39. The maximum Gasteiger partial charge on any atom is 0.345 e. The molecule has 0 fully saturated rings. The first-order chi connectivity index (χ1) is 15.6. The Kier molecular flexibility index (Phi) is 20.7. The van der Waals surface area contributed by atoms with Crippen molar-refractivity contribution in [2.24, 2.45) is 0 Å². The highest BCUT2D eigenvalue weighted by atomic mass is 28.4. The van der Waals surface area contributed by atoms with Crippen molar-refractivity contribution in [3.63, 3.8) is 0 Å². The molecule has 0 N–H and O–H groups in total. The second-order valence-corrected chi connectivity index (χ2v) is 14.9. The van der Waals surface area contributed by atoms with Crippen molar-refractivity contribution in [1.82, 2.24) is 0 Å². The molecule has 0 rings (SSSR count). The van der Waals surface area contributed by atoms with Gasteiger partial charge in [-0.2, -0.15) is 0 Å². The first-order valence-corrected chi connectivity index (χ1v) is 17.5. The van der Waals surface area contributed by atoms with Crippen molar-refractivity contribution >= 4 is 17.1 Å². The summed E-state index contributed by atoms with van der Waals surface area (Å²) in [5, 5.41) is 0. The lowest BCUT2D eigenvalue weighted by Crippen LogP contribution is -2.42. The standard InChI is InChI=1S/C26H52O4Si2/c1-7-13-19-27-31(23-11-5,28-20-14-8-2)25-17-18-26-32(24-12-6,29-21-15-9-3)30-22-16-10-4/h11-12,17-18H,5-10,13-16,19-26H2,1-4H3/b18-17+. The summed E-state index contributed by atoms with van der Waals surface area (Å²) in [6.07, 6.45) is 17.2. The summed E-state index contributed by atoms with van der Waals surface area (Å²) in [6.45, 7) is 19.8. The van der Waals surface area contributed by atoms with Crippen LogP contribution in [0.3, 0.4) is 0 Å². The Morgan fingerprint density at radius 3 is 1.00 bits per heavy atom. The zero-order valence-electron chi connectivity index (χ0n) is 21.7. The second-order valence-electron chi connectivity index (χ2n) is 8.49. The fourth-order valence-electron chi connectivity index (χ4n) is 3.30. The van der Waals surface area contributed by atoms with Gasteiger partial charge in [-0.15, -0.1) is 13.2 Å². The summed E-state index contributed by atoms with van der Waals surface area (Å²) in [6, 6.07) is 3.32. The van der Waals surface area contributed by atoms with Crippen LogP contribution in [0.1, 0.15) is 79.1 Å². The van der Waals surface area contributed by atoms with Crippen LogP contribution in [0, 0.1) is 0 Å². The molecule has 0 aliphatic carbocycles. The molecule has 0 aliphatic heterocycles. The van der Waals surface area contributed by atoms with Gasteiger partial charge >= 0.3 is 17.1 Å². The molecule has 6 heteroatoms. The van der Waals surface area contributed by atoms with Crippen LogP contribution < -0.4 is 0 Å². The summed E-state index contributed by atoms with van der Waals surface area (Å²) < 4.78 is 25.7. The van der Waals surface area contributed by atoms with E-state index in [9.17, 15) is 0 Å². The molecule has 0 saturated carbocycles. The lowest BCUT2D eigenvalue weighted by molar-refractivity contribution is 0.166. The molecular weight excluding hydrogens is 432 g/mol. The molecule has 0 aromatic carbocycles. The van der Waals surface area contributed by atoms with Crippen LogP contribution in [0.15, 0.2) is 37.5 Å². The average Bonchev–Trinajstić information content (AvgIpc) is 2.78. The minimum Gasteiger partial charge on any atom is -0.394 e. The first kappa shape index (κ1) is 31.5. The van der Waals surface area contributed by atoms with Crippen molar-refractivity contribution in [3.05, 3.63) is 37.5 Å². The maximum atomic E-state index is 6.42. The molecule has 32 heavy (non-hydrogen) atoms. The summed E-state index contributed by atoms with van der Waals surface area (Å²) in [7, 11) is -4.68. The molecule has 0 aromatic heterocycles. The predicted molar refractivity (Wildman–Crippen MR) is 144 cm³/mol. The molecule has 0 bridgehead atoms. The number of rotatable bonds is 24. The molecule has 0 heterocycles. The Bertz CT molecular complexity index is 420. The Balaban J connectivity index is 5.31. The molecule has 188 valence electrons. The molecule has 0 unspecified atom stereocenters. The molecule has 0 spiro atoms. The van der Waals surface area contributed by atoms with Crippen LogP contribution in [-0.2, 0) is 17.7 Å². The van der Waals surface area contributed by atoms with Crippen molar-refractivity contribution in [2.75, 3.05) is 26.4 Å². The van der Waals surface area contributed by atoms with Gasteiger partial charge in [0.05, 0.1) is 0 Å². The number of allylic oxidation sites excluding steroid dienone is 4. The van der Waals surface area contributed by atoms with E-state index in [0.29, 0.717) is 0 Å². The van der Waals surface area contributed by atoms with Gasteiger partial charge in [0.1, 0.15) is 0 Å². The van der Waals surface area contributed by atoms with E-state index < -0.39 is 17.1 Å². The fourth-order valence-corrected chi connectivity index (χ4v) is 8.74. The summed E-state index contributed by atoms with van der Waals surface area (Å²) in [5.41, 5.74) is 0. The van der Waals surface area contributed by atoms with E-state index in [4.69, 9.17) is 17.7 Å². The molecule has 0 amide bonds. The van der Waals surface area contributed by atoms with Gasteiger partial charge in [-0.05, 0) is 25.7 Å². The quantitative estimate of drug-likeness (QED) is 0.0788. The normalized spacial score (nSPS) is 12.5. The largest absolute Gasteiger partial charge is 0.394 e. The topological polar surface area (TPSA) is 36.9 Å². The highest BCUT2D eigenvalue weighted by molar-refractivity contribution is 6.69. The first-order valence-electron chi connectivity index (χ1n) is 13.0. The van der Waals surface area contributed by atoms with Gasteiger partial charge in [-0.3, -0.25) is 0 Å². The molecule has 0 aromatic rings. The van der Waals surface area contributed by atoms with Crippen LogP contribution in [0.2, 0.25) is 24.2 Å². The third kappa shape index (κ3) is 14.6. The molecular formula is C26H52O4Si2. The van der Waals surface area contributed by atoms with Gasteiger partial charge in [0.15, 0.2) is 0 Å². The van der Waals surface area contributed by atoms with E-state index in [1.165, 1.54) is 0 Å². The maximum absolute atomic E-state index is 6.42. The zero-order chi connectivity index (χ0) is 24.0. The summed E-state index contributed by atoms with van der Waals surface area (Å²) >= 11 is 0. The minimum absolute atomic E-state index is 0.770. The third-order valence-corrected chi connectivity index (χ3v) is 11.8. The lowest BCUT2D eigenvalue weighted by Gasteiger charge is -2.30. The van der Waals surface area contributed by atoms with Crippen LogP contribution in [0.25, 0.3) is 0 Å². The van der Waals surface area contributed by atoms with Gasteiger partial charge in [0.2, 0.25) is 0 Å². The predicted octanol–water partition coefficient (Wildman–Crippen LogP) is 8.07. The lowest BCUT2D eigenvalue weighted by atomic mass is 10.4. The fraction of sp³-hybridized carbons (Fsp3) is 0.769.